The molecule has 118 valence electrons. The molecule has 0 aliphatic rings. The van der Waals surface area contributed by atoms with E-state index in [-0.39, 0.29) is 0 Å². The Kier molecular flexibility index (Phi) is 3.55. The molecule has 4 aromatic rings. The topological polar surface area (TPSA) is 62.1 Å². The number of aromatic nitrogens is 4. The van der Waals surface area contributed by atoms with Crippen LogP contribution < -0.4 is 9.47 Å². The third-order valence-corrected chi connectivity index (χ3v) is 3.58. The van der Waals surface area contributed by atoms with Gasteiger partial charge < -0.3 is 14.0 Å². The molecule has 0 atom stereocenters. The van der Waals surface area contributed by atoms with Crippen LogP contribution in [0.1, 0.15) is 0 Å². The van der Waals surface area contributed by atoms with E-state index in [0.29, 0.717) is 17.5 Å². The van der Waals surface area contributed by atoms with E-state index >= 15 is 0 Å². The van der Waals surface area contributed by atoms with E-state index in [4.69, 9.17) is 9.47 Å². The van der Waals surface area contributed by atoms with Crippen LogP contribution in [-0.2, 0) is 0 Å². The maximum absolute atomic E-state index is 5.83. The zero-order chi connectivity index (χ0) is 16.4. The first-order valence-electron chi connectivity index (χ1n) is 7.39. The Balaban J connectivity index is 1.71. The van der Waals surface area contributed by atoms with Crippen molar-refractivity contribution < 1.29 is 9.47 Å². The highest BCUT2D eigenvalue weighted by atomic mass is 16.5. The number of hydrogen-bond donors (Lipinski definition) is 0. The van der Waals surface area contributed by atoms with Crippen molar-refractivity contribution in [3.8, 4) is 23.2 Å². The van der Waals surface area contributed by atoms with E-state index < -0.39 is 0 Å². The Hall–Kier alpha value is -3.41. The van der Waals surface area contributed by atoms with Crippen molar-refractivity contribution in [1.29, 1.82) is 0 Å². The van der Waals surface area contributed by atoms with Crippen molar-refractivity contribution in [2.75, 3.05) is 7.11 Å². The quantitative estimate of drug-likeness (QED) is 0.575. The molecule has 0 saturated carbocycles. The van der Waals surface area contributed by atoms with Crippen molar-refractivity contribution in [2.45, 2.75) is 0 Å². The van der Waals surface area contributed by atoms with Gasteiger partial charge in [-0.1, -0.05) is 18.2 Å². The molecule has 0 aliphatic heterocycles. The van der Waals surface area contributed by atoms with Crippen molar-refractivity contribution in [2.24, 2.45) is 0 Å². The van der Waals surface area contributed by atoms with Crippen LogP contribution >= 0.6 is 0 Å². The minimum atomic E-state index is 0.290. The molecular weight excluding hydrogens is 304 g/mol. The van der Waals surface area contributed by atoms with Crippen LogP contribution in [0.4, 0.5) is 0 Å². The zero-order valence-corrected chi connectivity index (χ0v) is 13.0. The molecule has 24 heavy (non-hydrogen) atoms. The number of imidazole rings is 1. The van der Waals surface area contributed by atoms with Crippen molar-refractivity contribution >= 4 is 10.9 Å². The fourth-order valence-corrected chi connectivity index (χ4v) is 2.40. The van der Waals surface area contributed by atoms with Gasteiger partial charge in [0.2, 0.25) is 0 Å². The Morgan fingerprint density at radius 1 is 1.04 bits per heavy atom. The molecule has 2 heterocycles. The van der Waals surface area contributed by atoms with E-state index in [0.717, 1.165) is 16.6 Å². The molecule has 0 aliphatic carbocycles. The van der Waals surface area contributed by atoms with Gasteiger partial charge in [-0.05, 0) is 6.07 Å². The first-order chi connectivity index (χ1) is 11.8. The molecule has 4 rings (SSSR count). The van der Waals surface area contributed by atoms with E-state index in [2.05, 4.69) is 15.0 Å². The summed E-state index contributed by atoms with van der Waals surface area (Å²) < 4.78 is 13.1. The summed E-state index contributed by atoms with van der Waals surface area (Å²) in [5.74, 6) is 1.27. The number of nitrogens with zero attached hydrogens (tertiary/aromatic N) is 4. The Bertz CT molecular complexity index is 983. The lowest BCUT2D eigenvalue weighted by molar-refractivity contribution is 0.404. The number of rotatable bonds is 4. The van der Waals surface area contributed by atoms with Crippen LogP contribution in [0.15, 0.2) is 67.4 Å². The first-order valence-corrected chi connectivity index (χ1v) is 7.39. The lowest BCUT2D eigenvalue weighted by Gasteiger charge is -2.10. The summed E-state index contributed by atoms with van der Waals surface area (Å²) in [4.78, 5) is 12.7. The van der Waals surface area contributed by atoms with Gasteiger partial charge in [0.1, 0.15) is 11.5 Å². The summed E-state index contributed by atoms with van der Waals surface area (Å²) in [5.41, 5.74) is 1.71. The van der Waals surface area contributed by atoms with Crippen LogP contribution in [0.2, 0.25) is 0 Å². The minimum Gasteiger partial charge on any atom is -0.497 e. The second kappa shape index (κ2) is 6.00. The molecule has 2 aromatic carbocycles. The Morgan fingerprint density at radius 2 is 1.92 bits per heavy atom. The molecule has 0 fully saturated rings. The predicted octanol–water partition coefficient (Wildman–Crippen LogP) is 3.62. The molecule has 0 spiro atoms. The van der Waals surface area contributed by atoms with Gasteiger partial charge in [0.05, 0.1) is 24.6 Å². The SMILES string of the molecule is COc1cc(Oc2ncc3ccccc3n2)cc(-n2ccnc2)c1. The largest absolute Gasteiger partial charge is 0.497 e. The molecule has 6 heteroatoms. The van der Waals surface area contributed by atoms with Crippen LogP contribution in [0.5, 0.6) is 17.5 Å². The molecule has 6 nitrogen and oxygen atoms in total. The van der Waals surface area contributed by atoms with Crippen molar-refractivity contribution in [1.82, 2.24) is 19.5 Å². The second-order valence-corrected chi connectivity index (χ2v) is 5.15. The van der Waals surface area contributed by atoms with Crippen LogP contribution in [0.25, 0.3) is 16.6 Å². The predicted molar refractivity (Wildman–Crippen MR) is 89.7 cm³/mol. The normalized spacial score (nSPS) is 10.7. The van der Waals surface area contributed by atoms with Crippen LogP contribution in [0.3, 0.4) is 0 Å². The van der Waals surface area contributed by atoms with Gasteiger partial charge in [-0.25, -0.2) is 9.97 Å². The molecule has 0 unspecified atom stereocenters. The van der Waals surface area contributed by atoms with Crippen molar-refractivity contribution in [3.63, 3.8) is 0 Å². The van der Waals surface area contributed by atoms with Gasteiger partial charge in [-0.2, -0.15) is 4.98 Å². The minimum absolute atomic E-state index is 0.290. The lowest BCUT2D eigenvalue weighted by atomic mass is 10.2. The number of fused-ring (bicyclic) bond motifs is 1. The lowest BCUT2D eigenvalue weighted by Crippen LogP contribution is -1.96. The molecule has 0 amide bonds. The number of methoxy groups -OCH3 is 1. The average molecular weight is 318 g/mol. The molecule has 2 aromatic heterocycles. The first kappa shape index (κ1) is 14.2. The smallest absolute Gasteiger partial charge is 0.322 e. The monoisotopic (exact) mass is 318 g/mol. The maximum Gasteiger partial charge on any atom is 0.322 e. The molecule has 0 bridgehead atoms. The summed E-state index contributed by atoms with van der Waals surface area (Å²) in [5, 5.41) is 0.967. The zero-order valence-electron chi connectivity index (χ0n) is 13.0. The van der Waals surface area contributed by atoms with Gasteiger partial charge in [0.25, 0.3) is 0 Å². The molecule has 0 radical (unpaired) electrons. The average Bonchev–Trinajstić information content (AvgIpc) is 3.16. The highest BCUT2D eigenvalue weighted by molar-refractivity contribution is 5.77. The molecular formula is C18H14N4O2. The highest BCUT2D eigenvalue weighted by Gasteiger charge is 2.07. The van der Waals surface area contributed by atoms with E-state index in [1.165, 1.54) is 0 Å². The summed E-state index contributed by atoms with van der Waals surface area (Å²) in [6.45, 7) is 0. The van der Waals surface area contributed by atoms with Crippen LogP contribution in [-0.4, -0.2) is 26.6 Å². The third-order valence-electron chi connectivity index (χ3n) is 3.58. The van der Waals surface area contributed by atoms with Crippen molar-refractivity contribution in [3.05, 3.63) is 67.4 Å². The van der Waals surface area contributed by atoms with Gasteiger partial charge >= 0.3 is 6.01 Å². The summed E-state index contributed by atoms with van der Waals surface area (Å²) in [7, 11) is 1.61. The standard InChI is InChI=1S/C18H14N4O2/c1-23-15-8-14(22-7-6-19-12-22)9-16(10-15)24-18-20-11-13-4-2-3-5-17(13)21-18/h2-12H,1H3. The number of benzene rings is 2. The Morgan fingerprint density at radius 3 is 2.75 bits per heavy atom. The third kappa shape index (κ3) is 2.77. The highest BCUT2D eigenvalue weighted by Crippen LogP contribution is 2.28. The summed E-state index contributed by atoms with van der Waals surface area (Å²) >= 11 is 0. The maximum atomic E-state index is 5.83. The van der Waals surface area contributed by atoms with E-state index in [1.54, 1.807) is 31.9 Å². The van der Waals surface area contributed by atoms with E-state index in [1.807, 2.05) is 47.2 Å². The molecule has 0 N–H and O–H groups in total. The van der Waals surface area contributed by atoms with Gasteiger partial charge in [-0.3, -0.25) is 0 Å². The summed E-state index contributed by atoms with van der Waals surface area (Å²) in [6, 6.07) is 13.6. The molecule has 0 saturated heterocycles. The number of para-hydroxylation sites is 1. The Labute approximate surface area is 138 Å². The fraction of sp³-hybridized carbons (Fsp3) is 0.0556. The van der Waals surface area contributed by atoms with Gasteiger partial charge in [0, 0.05) is 42.2 Å². The number of hydrogen-bond acceptors (Lipinski definition) is 5. The fourth-order valence-electron chi connectivity index (χ4n) is 2.40. The van der Waals surface area contributed by atoms with E-state index in [9.17, 15) is 0 Å². The van der Waals surface area contributed by atoms with Gasteiger partial charge in [0.15, 0.2) is 0 Å². The van der Waals surface area contributed by atoms with Crippen LogP contribution in [0, 0.1) is 0 Å². The summed E-state index contributed by atoms with van der Waals surface area (Å²) in [6.07, 6.45) is 7.03. The number of ether oxygens (including phenoxy) is 2. The second-order valence-electron chi connectivity index (χ2n) is 5.15. The van der Waals surface area contributed by atoms with Gasteiger partial charge in [-0.15, -0.1) is 0 Å².